The maximum atomic E-state index is 12.8. The van der Waals surface area contributed by atoms with E-state index in [0.29, 0.717) is 17.4 Å². The summed E-state index contributed by atoms with van der Waals surface area (Å²) < 4.78 is 0. The van der Waals surface area contributed by atoms with E-state index in [1.807, 2.05) is 24.3 Å². The number of benzene rings is 1. The second-order valence-corrected chi connectivity index (χ2v) is 8.04. The second kappa shape index (κ2) is 9.25. The zero-order valence-electron chi connectivity index (χ0n) is 15.6. The summed E-state index contributed by atoms with van der Waals surface area (Å²) in [4.78, 5) is 29.2. The SMILES string of the molecule is CN(C)C(=O)CSc1ccccc1C(=O)NC1CCCC(N(C)C)C1. The van der Waals surface area contributed by atoms with Gasteiger partial charge in [-0.25, -0.2) is 0 Å². The number of nitrogens with zero attached hydrogens (tertiary/aromatic N) is 2. The molecule has 0 bridgehead atoms. The molecule has 0 spiro atoms. The largest absolute Gasteiger partial charge is 0.349 e. The van der Waals surface area contributed by atoms with Crippen molar-refractivity contribution in [2.45, 2.75) is 42.7 Å². The van der Waals surface area contributed by atoms with Crippen LogP contribution in [0, 0.1) is 0 Å². The molecule has 138 valence electrons. The summed E-state index contributed by atoms with van der Waals surface area (Å²) in [6.07, 6.45) is 4.36. The summed E-state index contributed by atoms with van der Waals surface area (Å²) in [5.41, 5.74) is 0.658. The molecule has 1 saturated carbocycles. The van der Waals surface area contributed by atoms with Crippen molar-refractivity contribution in [1.82, 2.24) is 15.1 Å². The lowest BCUT2D eigenvalue weighted by atomic mass is 9.90. The van der Waals surface area contributed by atoms with Crippen LogP contribution in [0.25, 0.3) is 0 Å². The molecule has 1 aromatic rings. The van der Waals surface area contributed by atoms with Crippen molar-refractivity contribution in [1.29, 1.82) is 0 Å². The van der Waals surface area contributed by atoms with Crippen LogP contribution in [0.3, 0.4) is 0 Å². The first-order chi connectivity index (χ1) is 11.9. The second-order valence-electron chi connectivity index (χ2n) is 7.03. The van der Waals surface area contributed by atoms with Crippen molar-refractivity contribution in [2.75, 3.05) is 33.9 Å². The van der Waals surface area contributed by atoms with E-state index >= 15 is 0 Å². The molecule has 1 N–H and O–H groups in total. The molecule has 2 amide bonds. The van der Waals surface area contributed by atoms with Crippen LogP contribution in [0.2, 0.25) is 0 Å². The predicted octanol–water partition coefficient (Wildman–Crippen LogP) is 2.47. The van der Waals surface area contributed by atoms with Gasteiger partial charge in [0.2, 0.25) is 5.91 Å². The molecule has 0 saturated heterocycles. The van der Waals surface area contributed by atoms with Gasteiger partial charge < -0.3 is 15.1 Å². The van der Waals surface area contributed by atoms with Gasteiger partial charge in [-0.05, 0) is 51.9 Å². The average molecular weight is 364 g/mol. The molecule has 2 atom stereocenters. The van der Waals surface area contributed by atoms with Gasteiger partial charge in [0.25, 0.3) is 5.91 Å². The van der Waals surface area contributed by atoms with Gasteiger partial charge in [0.1, 0.15) is 0 Å². The van der Waals surface area contributed by atoms with E-state index in [4.69, 9.17) is 0 Å². The Labute approximate surface area is 155 Å². The topological polar surface area (TPSA) is 52.7 Å². The Balaban J connectivity index is 2.00. The monoisotopic (exact) mass is 363 g/mol. The third-order valence-electron chi connectivity index (χ3n) is 4.69. The third kappa shape index (κ3) is 5.75. The zero-order valence-corrected chi connectivity index (χ0v) is 16.4. The van der Waals surface area contributed by atoms with Crippen molar-refractivity contribution in [3.63, 3.8) is 0 Å². The Morgan fingerprint density at radius 1 is 1.16 bits per heavy atom. The summed E-state index contributed by atoms with van der Waals surface area (Å²) in [5.74, 6) is 0.342. The molecule has 0 heterocycles. The van der Waals surface area contributed by atoms with Gasteiger partial charge in [-0.3, -0.25) is 9.59 Å². The van der Waals surface area contributed by atoms with Crippen LogP contribution in [-0.4, -0.2) is 67.6 Å². The van der Waals surface area contributed by atoms with Gasteiger partial charge in [-0.15, -0.1) is 11.8 Å². The highest BCUT2D eigenvalue weighted by Crippen LogP contribution is 2.25. The number of thioether (sulfide) groups is 1. The van der Waals surface area contributed by atoms with E-state index in [1.165, 1.54) is 18.2 Å². The number of hydrogen-bond acceptors (Lipinski definition) is 4. The van der Waals surface area contributed by atoms with Crippen molar-refractivity contribution in [3.05, 3.63) is 29.8 Å². The Morgan fingerprint density at radius 3 is 2.56 bits per heavy atom. The standard InChI is InChI=1S/C19H29N3O2S/c1-21(2)15-9-7-8-14(12-15)20-19(24)16-10-5-6-11-17(16)25-13-18(23)22(3)4/h5-6,10-11,14-15H,7-9,12-13H2,1-4H3,(H,20,24). The highest BCUT2D eigenvalue weighted by atomic mass is 32.2. The molecule has 1 aliphatic rings. The normalized spacial score (nSPS) is 20.4. The van der Waals surface area contributed by atoms with E-state index in [1.54, 1.807) is 19.0 Å². The lowest BCUT2D eigenvalue weighted by Gasteiger charge is -2.33. The van der Waals surface area contributed by atoms with Crippen molar-refractivity contribution >= 4 is 23.6 Å². The first-order valence-corrected chi connectivity index (χ1v) is 9.76. The van der Waals surface area contributed by atoms with Gasteiger partial charge >= 0.3 is 0 Å². The maximum absolute atomic E-state index is 12.8. The summed E-state index contributed by atoms with van der Waals surface area (Å²) in [7, 11) is 7.68. The van der Waals surface area contributed by atoms with E-state index in [9.17, 15) is 9.59 Å². The highest BCUT2D eigenvalue weighted by Gasteiger charge is 2.25. The fourth-order valence-corrected chi connectivity index (χ4v) is 4.10. The minimum atomic E-state index is -0.0372. The molecule has 25 heavy (non-hydrogen) atoms. The molecule has 5 nitrogen and oxygen atoms in total. The van der Waals surface area contributed by atoms with E-state index in [2.05, 4.69) is 24.3 Å². The number of rotatable bonds is 6. The van der Waals surface area contributed by atoms with E-state index in [-0.39, 0.29) is 17.9 Å². The highest BCUT2D eigenvalue weighted by molar-refractivity contribution is 8.00. The summed E-state index contributed by atoms with van der Waals surface area (Å²) in [6, 6.07) is 8.27. The fraction of sp³-hybridized carbons (Fsp3) is 0.579. The smallest absolute Gasteiger partial charge is 0.252 e. The number of nitrogens with one attached hydrogen (secondary N) is 1. The first-order valence-electron chi connectivity index (χ1n) is 8.77. The Morgan fingerprint density at radius 2 is 1.88 bits per heavy atom. The van der Waals surface area contributed by atoms with Crippen molar-refractivity contribution in [2.24, 2.45) is 0 Å². The number of hydrogen-bond donors (Lipinski definition) is 1. The molecule has 1 aliphatic carbocycles. The Hall–Kier alpha value is -1.53. The Bertz CT molecular complexity index is 604. The predicted molar refractivity (Wildman–Crippen MR) is 103 cm³/mol. The first kappa shape index (κ1) is 19.8. The van der Waals surface area contributed by atoms with Gasteiger partial charge in [0.05, 0.1) is 11.3 Å². The molecular formula is C19H29N3O2S. The van der Waals surface area contributed by atoms with Crippen LogP contribution < -0.4 is 5.32 Å². The molecule has 2 rings (SSSR count). The lowest BCUT2D eigenvalue weighted by Crippen LogP contribution is -2.43. The quantitative estimate of drug-likeness (QED) is 0.789. The van der Waals surface area contributed by atoms with Crippen LogP contribution in [0.1, 0.15) is 36.0 Å². The molecule has 6 heteroatoms. The summed E-state index contributed by atoms with van der Waals surface area (Å²) in [6.45, 7) is 0. The molecule has 0 aromatic heterocycles. The molecule has 1 aromatic carbocycles. The molecule has 0 aliphatic heterocycles. The van der Waals surface area contributed by atoms with Crippen LogP contribution in [0.5, 0.6) is 0 Å². The number of amides is 2. The minimum absolute atomic E-state index is 0.0372. The third-order valence-corrected chi connectivity index (χ3v) is 5.75. The van der Waals surface area contributed by atoms with E-state index in [0.717, 1.165) is 24.2 Å². The average Bonchev–Trinajstić information content (AvgIpc) is 2.59. The maximum Gasteiger partial charge on any atom is 0.252 e. The zero-order chi connectivity index (χ0) is 18.4. The van der Waals surface area contributed by atoms with Crippen LogP contribution in [0.4, 0.5) is 0 Å². The molecule has 2 unspecified atom stereocenters. The van der Waals surface area contributed by atoms with Gasteiger partial charge in [-0.1, -0.05) is 12.1 Å². The van der Waals surface area contributed by atoms with Gasteiger partial charge in [0, 0.05) is 31.1 Å². The molecular weight excluding hydrogens is 334 g/mol. The van der Waals surface area contributed by atoms with Crippen molar-refractivity contribution < 1.29 is 9.59 Å². The number of carbonyl (C=O) groups excluding carboxylic acids is 2. The van der Waals surface area contributed by atoms with Crippen LogP contribution in [-0.2, 0) is 4.79 Å². The number of carbonyl (C=O) groups is 2. The van der Waals surface area contributed by atoms with Crippen LogP contribution >= 0.6 is 11.8 Å². The van der Waals surface area contributed by atoms with Gasteiger partial charge in [-0.2, -0.15) is 0 Å². The minimum Gasteiger partial charge on any atom is -0.349 e. The van der Waals surface area contributed by atoms with Crippen LogP contribution in [0.15, 0.2) is 29.2 Å². The summed E-state index contributed by atoms with van der Waals surface area (Å²) >= 11 is 1.42. The molecule has 0 radical (unpaired) electrons. The van der Waals surface area contributed by atoms with E-state index < -0.39 is 0 Å². The Kier molecular flexibility index (Phi) is 7.32. The fourth-order valence-electron chi connectivity index (χ4n) is 3.08. The van der Waals surface area contributed by atoms with Gasteiger partial charge in [0.15, 0.2) is 0 Å². The summed E-state index contributed by atoms with van der Waals surface area (Å²) in [5, 5.41) is 3.20. The van der Waals surface area contributed by atoms with Crippen molar-refractivity contribution in [3.8, 4) is 0 Å². The lowest BCUT2D eigenvalue weighted by molar-refractivity contribution is -0.125. The molecule has 1 fully saturated rings.